The predicted molar refractivity (Wildman–Crippen MR) is 71.8 cm³/mol. The highest BCUT2D eigenvalue weighted by Crippen LogP contribution is 2.48. The number of halogens is 1. The van der Waals surface area contributed by atoms with Crippen LogP contribution in [0.3, 0.4) is 0 Å². The van der Waals surface area contributed by atoms with Crippen LogP contribution in [0.4, 0.5) is 9.18 Å². The Morgan fingerprint density at radius 3 is 2.55 bits per heavy atom. The summed E-state index contributed by atoms with van der Waals surface area (Å²) in [6.45, 7) is 8.85. The van der Waals surface area contributed by atoms with Crippen molar-refractivity contribution in [1.82, 2.24) is 10.4 Å². The van der Waals surface area contributed by atoms with Crippen LogP contribution in [0.15, 0.2) is 0 Å². The van der Waals surface area contributed by atoms with Crippen molar-refractivity contribution >= 4 is 11.9 Å². The van der Waals surface area contributed by atoms with Crippen molar-refractivity contribution < 1.29 is 18.7 Å². The first-order valence-electron chi connectivity index (χ1n) is 6.95. The average molecular weight is 286 g/mol. The maximum Gasteiger partial charge on any atom is 0.422 e. The lowest BCUT2D eigenvalue weighted by Crippen LogP contribution is -2.68. The van der Waals surface area contributed by atoms with Crippen LogP contribution in [-0.4, -0.2) is 39.7 Å². The third-order valence-electron chi connectivity index (χ3n) is 4.21. The van der Waals surface area contributed by atoms with Gasteiger partial charge in [0.1, 0.15) is 5.60 Å². The number of hydrazine groups is 1. The molecule has 114 valence electrons. The molecule has 0 saturated carbocycles. The van der Waals surface area contributed by atoms with Crippen molar-refractivity contribution in [1.29, 1.82) is 0 Å². The second-order valence-corrected chi connectivity index (χ2v) is 7.31. The summed E-state index contributed by atoms with van der Waals surface area (Å²) in [6, 6.07) is 0. The fourth-order valence-electron chi connectivity index (χ4n) is 3.24. The van der Waals surface area contributed by atoms with Gasteiger partial charge in [0.05, 0.1) is 5.54 Å². The van der Waals surface area contributed by atoms with Gasteiger partial charge in [-0.2, -0.15) is 0 Å². The molecule has 0 spiro atoms. The van der Waals surface area contributed by atoms with Crippen molar-refractivity contribution in [2.45, 2.75) is 76.7 Å². The Morgan fingerprint density at radius 2 is 2.00 bits per heavy atom. The van der Waals surface area contributed by atoms with Gasteiger partial charge in [-0.25, -0.2) is 14.2 Å². The number of Topliss-reactive ketones (excluding diaryl/α,β-unsaturated/α-hetero) is 1. The van der Waals surface area contributed by atoms with Crippen molar-refractivity contribution in [2.75, 3.05) is 0 Å². The first kappa shape index (κ1) is 15.2. The van der Waals surface area contributed by atoms with Gasteiger partial charge in [0.2, 0.25) is 0 Å². The summed E-state index contributed by atoms with van der Waals surface area (Å²) >= 11 is 0. The van der Waals surface area contributed by atoms with Crippen LogP contribution in [0, 0.1) is 0 Å². The molecule has 2 heterocycles. The van der Waals surface area contributed by atoms with Gasteiger partial charge in [-0.1, -0.05) is 0 Å². The molecule has 2 bridgehead atoms. The molecule has 0 aromatic carbocycles. The van der Waals surface area contributed by atoms with Gasteiger partial charge in [-0.3, -0.25) is 10.2 Å². The van der Waals surface area contributed by atoms with E-state index in [0.717, 1.165) is 0 Å². The van der Waals surface area contributed by atoms with Crippen LogP contribution in [0.1, 0.15) is 53.9 Å². The maximum absolute atomic E-state index is 14.3. The molecule has 20 heavy (non-hydrogen) atoms. The number of amides is 1. The molecule has 2 fully saturated rings. The Labute approximate surface area is 118 Å². The van der Waals surface area contributed by atoms with Gasteiger partial charge in [0.25, 0.3) is 0 Å². The molecule has 1 N–H and O–H groups in total. The average Bonchev–Trinajstić information content (AvgIpc) is 2.46. The number of piperidine rings is 1. The highest BCUT2D eigenvalue weighted by atomic mass is 19.1. The molecule has 5 nitrogen and oxygen atoms in total. The van der Waals surface area contributed by atoms with Gasteiger partial charge in [0, 0.05) is 12.0 Å². The van der Waals surface area contributed by atoms with Gasteiger partial charge >= 0.3 is 6.09 Å². The summed E-state index contributed by atoms with van der Waals surface area (Å²) < 4.78 is 19.5. The maximum atomic E-state index is 14.3. The van der Waals surface area contributed by atoms with Gasteiger partial charge in [-0.05, 0) is 47.5 Å². The minimum Gasteiger partial charge on any atom is -0.443 e. The van der Waals surface area contributed by atoms with E-state index in [9.17, 15) is 14.0 Å². The topological polar surface area (TPSA) is 58.6 Å². The molecule has 0 aliphatic carbocycles. The number of alkyl halides is 1. The summed E-state index contributed by atoms with van der Waals surface area (Å²) in [5.74, 6) is -0.380. The van der Waals surface area contributed by atoms with Crippen LogP contribution in [0.2, 0.25) is 0 Å². The van der Waals surface area contributed by atoms with E-state index in [0.29, 0.717) is 12.8 Å². The second kappa shape index (κ2) is 4.41. The lowest BCUT2D eigenvalue weighted by molar-refractivity contribution is -0.145. The second-order valence-electron chi connectivity index (χ2n) is 7.31. The number of rotatable bonds is 1. The molecule has 2 aliphatic heterocycles. The van der Waals surface area contributed by atoms with Crippen molar-refractivity contribution in [3.05, 3.63) is 0 Å². The zero-order valence-corrected chi connectivity index (χ0v) is 12.7. The normalized spacial score (nSPS) is 37.9. The Morgan fingerprint density at radius 1 is 1.40 bits per heavy atom. The standard InChI is InChI=1S/C14H23FN2O3/c1-12(2,3)20-11(19)16-17-13(4)6-7-14(17,5)10(15)9(18)8-13/h10H,6-8H2,1-5H3,(H,16,19)/t10-,13?,14?/m1/s1. The zero-order valence-electron chi connectivity index (χ0n) is 12.7. The molecule has 2 unspecified atom stereocenters. The van der Waals surface area contributed by atoms with E-state index in [-0.39, 0.29) is 12.2 Å². The molecule has 2 rings (SSSR count). The lowest BCUT2D eigenvalue weighted by atomic mass is 9.85. The first-order valence-corrected chi connectivity index (χ1v) is 6.95. The van der Waals surface area contributed by atoms with Gasteiger partial charge < -0.3 is 4.74 Å². The number of ether oxygens (including phenoxy) is 1. The first-order chi connectivity index (χ1) is 8.98. The fraction of sp³-hybridized carbons (Fsp3) is 0.857. The number of nitrogens with one attached hydrogen (secondary N) is 1. The zero-order chi connectivity index (χ0) is 15.3. The molecule has 0 aromatic heterocycles. The Bertz CT molecular complexity index is 448. The number of ketones is 1. The number of nitrogens with zero attached hydrogens (tertiary/aromatic N) is 1. The van der Waals surface area contributed by atoms with E-state index in [4.69, 9.17) is 4.74 Å². The summed E-state index contributed by atoms with van der Waals surface area (Å²) in [5.41, 5.74) is 0.508. The predicted octanol–water partition coefficient (Wildman–Crippen LogP) is 2.35. The van der Waals surface area contributed by atoms with Crippen molar-refractivity contribution in [3.8, 4) is 0 Å². The van der Waals surface area contributed by atoms with Crippen LogP contribution in [0.25, 0.3) is 0 Å². The minimum absolute atomic E-state index is 0.111. The third kappa shape index (κ3) is 2.41. The van der Waals surface area contributed by atoms with Crippen LogP contribution in [-0.2, 0) is 9.53 Å². The number of carbonyl (C=O) groups excluding carboxylic acids is 2. The SMILES string of the molecule is CC(C)(C)OC(=O)NN1C2(C)CCC1(C)[C@H](F)C(=O)C2. The molecule has 2 aliphatic rings. The Balaban J connectivity index is 2.19. The quantitative estimate of drug-likeness (QED) is 0.804. The summed E-state index contributed by atoms with van der Waals surface area (Å²) in [6.07, 6.45) is -0.872. The van der Waals surface area contributed by atoms with E-state index < -0.39 is 28.9 Å². The van der Waals surface area contributed by atoms with Gasteiger partial charge in [-0.15, -0.1) is 0 Å². The number of carbonyl (C=O) groups is 2. The smallest absolute Gasteiger partial charge is 0.422 e. The minimum atomic E-state index is -1.58. The summed E-state index contributed by atoms with van der Waals surface area (Å²) in [4.78, 5) is 23.7. The van der Waals surface area contributed by atoms with Crippen LogP contribution < -0.4 is 5.43 Å². The van der Waals surface area contributed by atoms with E-state index in [2.05, 4.69) is 5.43 Å². The summed E-state index contributed by atoms with van der Waals surface area (Å²) in [5, 5.41) is 1.60. The van der Waals surface area contributed by atoms with Crippen molar-refractivity contribution in [2.24, 2.45) is 0 Å². The monoisotopic (exact) mass is 286 g/mol. The van der Waals surface area contributed by atoms with Crippen molar-refractivity contribution in [3.63, 3.8) is 0 Å². The van der Waals surface area contributed by atoms with Crippen LogP contribution >= 0.6 is 0 Å². The Hall–Kier alpha value is -1.17. The molecular formula is C14H23FN2O3. The highest BCUT2D eigenvalue weighted by molar-refractivity contribution is 5.87. The van der Waals surface area contributed by atoms with E-state index in [1.54, 1.807) is 32.7 Å². The fourth-order valence-corrected chi connectivity index (χ4v) is 3.24. The highest BCUT2D eigenvalue weighted by Gasteiger charge is 2.62. The molecular weight excluding hydrogens is 263 g/mol. The van der Waals surface area contributed by atoms with E-state index in [1.807, 2.05) is 6.92 Å². The number of fused-ring (bicyclic) bond motifs is 2. The van der Waals surface area contributed by atoms with E-state index in [1.165, 1.54) is 0 Å². The lowest BCUT2D eigenvalue weighted by Gasteiger charge is -2.48. The molecule has 0 radical (unpaired) electrons. The van der Waals surface area contributed by atoms with Gasteiger partial charge in [0.15, 0.2) is 12.0 Å². The number of hydrogen-bond donors (Lipinski definition) is 1. The third-order valence-corrected chi connectivity index (χ3v) is 4.21. The molecule has 0 aromatic rings. The molecule has 2 saturated heterocycles. The molecule has 6 heteroatoms. The largest absolute Gasteiger partial charge is 0.443 e. The molecule has 1 amide bonds. The van der Waals surface area contributed by atoms with Crippen LogP contribution in [0.5, 0.6) is 0 Å². The summed E-state index contributed by atoms with van der Waals surface area (Å²) in [7, 11) is 0. The Kier molecular flexibility index (Phi) is 3.36. The van der Waals surface area contributed by atoms with E-state index >= 15 is 0 Å². The number of hydrogen-bond acceptors (Lipinski definition) is 4. The molecule has 3 atom stereocenters.